The number of nitrogens with one attached hydrogen (secondary N) is 1. The van der Waals surface area contributed by atoms with E-state index in [1.54, 1.807) is 23.7 Å². The summed E-state index contributed by atoms with van der Waals surface area (Å²) < 4.78 is 0. The molecule has 2 aromatic rings. The zero-order chi connectivity index (χ0) is 11.0. The first-order chi connectivity index (χ1) is 7.86. The molecule has 80 valence electrons. The Hall–Kier alpha value is -1.81. The first-order valence-electron chi connectivity index (χ1n) is 5.00. The molecule has 0 spiro atoms. The molecule has 0 aliphatic carbocycles. The van der Waals surface area contributed by atoms with Crippen LogP contribution >= 0.6 is 11.3 Å². The number of aliphatic hydroxyl groups is 1. The van der Waals surface area contributed by atoms with Crippen molar-refractivity contribution in [1.29, 1.82) is 0 Å². The summed E-state index contributed by atoms with van der Waals surface area (Å²) in [4.78, 5) is 3.98. The van der Waals surface area contributed by atoms with Gasteiger partial charge in [0.15, 0.2) is 0 Å². The summed E-state index contributed by atoms with van der Waals surface area (Å²) in [5.74, 6) is 0.376. The van der Waals surface area contributed by atoms with E-state index in [-0.39, 0.29) is 0 Å². The van der Waals surface area contributed by atoms with Gasteiger partial charge < -0.3 is 10.4 Å². The number of nitrogens with zero attached hydrogens (tertiary/aromatic N) is 1. The standard InChI is InChI=1S/C12H10N2OS/c15-11-9-3-6-16-12(9)14-7-10(11)8-1-4-13-5-2-8/h1-6,14-15H,7H2. The van der Waals surface area contributed by atoms with E-state index in [4.69, 9.17) is 0 Å². The maximum absolute atomic E-state index is 10.2. The molecule has 3 heterocycles. The highest BCUT2D eigenvalue weighted by atomic mass is 32.1. The van der Waals surface area contributed by atoms with Crippen molar-refractivity contribution in [2.45, 2.75) is 0 Å². The summed E-state index contributed by atoms with van der Waals surface area (Å²) in [5, 5.41) is 16.5. The molecule has 0 saturated carbocycles. The quantitative estimate of drug-likeness (QED) is 0.791. The number of pyridine rings is 1. The molecule has 3 nitrogen and oxygen atoms in total. The van der Waals surface area contributed by atoms with E-state index in [1.807, 2.05) is 23.6 Å². The van der Waals surface area contributed by atoms with Gasteiger partial charge >= 0.3 is 0 Å². The molecule has 3 rings (SSSR count). The number of hydrogen-bond donors (Lipinski definition) is 2. The summed E-state index contributed by atoms with van der Waals surface area (Å²) >= 11 is 1.61. The molecule has 0 radical (unpaired) electrons. The Kier molecular flexibility index (Phi) is 2.15. The highest BCUT2D eigenvalue weighted by molar-refractivity contribution is 7.14. The Labute approximate surface area is 97.1 Å². The van der Waals surface area contributed by atoms with Gasteiger partial charge in [0.2, 0.25) is 0 Å². The lowest BCUT2D eigenvalue weighted by molar-refractivity contribution is 0.512. The molecule has 0 bridgehead atoms. The lowest BCUT2D eigenvalue weighted by Crippen LogP contribution is -2.11. The topological polar surface area (TPSA) is 45.2 Å². The predicted octanol–water partition coefficient (Wildman–Crippen LogP) is 2.99. The summed E-state index contributed by atoms with van der Waals surface area (Å²) in [6.07, 6.45) is 3.47. The van der Waals surface area contributed by atoms with Gasteiger partial charge in [-0.15, -0.1) is 11.3 Å². The number of aliphatic hydroxyl groups excluding tert-OH is 1. The fraction of sp³-hybridized carbons (Fsp3) is 0.0833. The fourth-order valence-electron chi connectivity index (χ4n) is 1.84. The third kappa shape index (κ3) is 1.39. The van der Waals surface area contributed by atoms with E-state index < -0.39 is 0 Å². The highest BCUT2D eigenvalue weighted by Crippen LogP contribution is 2.36. The van der Waals surface area contributed by atoms with Gasteiger partial charge in [-0.2, -0.15) is 0 Å². The minimum atomic E-state index is 0.376. The first-order valence-corrected chi connectivity index (χ1v) is 5.88. The maximum atomic E-state index is 10.2. The zero-order valence-electron chi connectivity index (χ0n) is 8.47. The number of fused-ring (bicyclic) bond motifs is 1. The van der Waals surface area contributed by atoms with E-state index in [0.717, 1.165) is 21.7 Å². The number of thiophene rings is 1. The van der Waals surface area contributed by atoms with Crippen molar-refractivity contribution in [2.24, 2.45) is 0 Å². The molecule has 1 aliphatic heterocycles. The van der Waals surface area contributed by atoms with E-state index >= 15 is 0 Å². The molecule has 1 aliphatic rings. The summed E-state index contributed by atoms with van der Waals surface area (Å²) in [6.45, 7) is 0.656. The molecule has 0 amide bonds. The molecule has 0 saturated heterocycles. The Balaban J connectivity index is 2.13. The van der Waals surface area contributed by atoms with Gasteiger partial charge in [-0.1, -0.05) is 0 Å². The highest BCUT2D eigenvalue weighted by Gasteiger charge is 2.19. The normalized spacial score (nSPS) is 14.5. The molecule has 2 aromatic heterocycles. The summed E-state index contributed by atoms with van der Waals surface area (Å²) in [5.41, 5.74) is 2.83. The fourth-order valence-corrected chi connectivity index (χ4v) is 2.63. The van der Waals surface area contributed by atoms with Crippen molar-refractivity contribution in [2.75, 3.05) is 11.9 Å². The van der Waals surface area contributed by atoms with Crippen molar-refractivity contribution in [3.8, 4) is 0 Å². The van der Waals surface area contributed by atoms with Gasteiger partial charge in [-0.3, -0.25) is 4.98 Å². The van der Waals surface area contributed by atoms with E-state index in [1.165, 1.54) is 0 Å². The van der Waals surface area contributed by atoms with Gasteiger partial charge in [-0.25, -0.2) is 0 Å². The zero-order valence-corrected chi connectivity index (χ0v) is 9.29. The number of anilines is 1. The Morgan fingerprint density at radius 3 is 2.88 bits per heavy atom. The average molecular weight is 230 g/mol. The molecule has 0 unspecified atom stereocenters. The molecule has 16 heavy (non-hydrogen) atoms. The van der Waals surface area contributed by atoms with Crippen LogP contribution < -0.4 is 5.32 Å². The van der Waals surface area contributed by atoms with Crippen LogP contribution in [-0.2, 0) is 0 Å². The smallest absolute Gasteiger partial charge is 0.131 e. The molecule has 2 N–H and O–H groups in total. The largest absolute Gasteiger partial charge is 0.507 e. The molecular formula is C12H10N2OS. The van der Waals surface area contributed by atoms with Gasteiger partial charge in [-0.05, 0) is 29.1 Å². The van der Waals surface area contributed by atoms with Crippen molar-refractivity contribution in [1.82, 2.24) is 4.98 Å². The predicted molar refractivity (Wildman–Crippen MR) is 66.5 cm³/mol. The van der Waals surface area contributed by atoms with Gasteiger partial charge in [0.1, 0.15) is 5.76 Å². The van der Waals surface area contributed by atoms with Gasteiger partial charge in [0.05, 0.1) is 10.6 Å². The lowest BCUT2D eigenvalue weighted by atomic mass is 10.0. The van der Waals surface area contributed by atoms with E-state index in [9.17, 15) is 5.11 Å². The van der Waals surface area contributed by atoms with Gasteiger partial charge in [0, 0.05) is 24.5 Å². The van der Waals surface area contributed by atoms with Crippen LogP contribution in [0.4, 0.5) is 5.00 Å². The van der Waals surface area contributed by atoms with Crippen LogP contribution in [0.15, 0.2) is 36.0 Å². The second kappa shape index (κ2) is 3.64. The minimum Gasteiger partial charge on any atom is -0.507 e. The van der Waals surface area contributed by atoms with Crippen molar-refractivity contribution < 1.29 is 5.11 Å². The van der Waals surface area contributed by atoms with Crippen molar-refractivity contribution in [3.63, 3.8) is 0 Å². The van der Waals surface area contributed by atoms with Gasteiger partial charge in [0.25, 0.3) is 0 Å². The van der Waals surface area contributed by atoms with Crippen LogP contribution in [0, 0.1) is 0 Å². The van der Waals surface area contributed by atoms with E-state index in [2.05, 4.69) is 10.3 Å². The molecule has 0 fully saturated rings. The van der Waals surface area contributed by atoms with Crippen LogP contribution in [0.5, 0.6) is 0 Å². The monoisotopic (exact) mass is 230 g/mol. The van der Waals surface area contributed by atoms with Crippen LogP contribution in [0.2, 0.25) is 0 Å². The number of aromatic nitrogens is 1. The third-order valence-electron chi connectivity index (χ3n) is 2.66. The second-order valence-corrected chi connectivity index (χ2v) is 4.50. The number of hydrogen-bond acceptors (Lipinski definition) is 4. The van der Waals surface area contributed by atoms with Crippen molar-refractivity contribution >= 4 is 27.7 Å². The Morgan fingerprint density at radius 1 is 1.25 bits per heavy atom. The molecule has 0 atom stereocenters. The average Bonchev–Trinajstić information content (AvgIpc) is 2.80. The Morgan fingerprint density at radius 2 is 2.06 bits per heavy atom. The second-order valence-electron chi connectivity index (χ2n) is 3.58. The summed E-state index contributed by atoms with van der Waals surface area (Å²) in [6, 6.07) is 5.75. The van der Waals surface area contributed by atoms with Crippen LogP contribution in [0.1, 0.15) is 11.1 Å². The SMILES string of the molecule is OC1=C(c2ccncc2)CNc2sccc21. The minimum absolute atomic E-state index is 0.376. The van der Waals surface area contributed by atoms with E-state index in [0.29, 0.717) is 12.3 Å². The third-order valence-corrected chi connectivity index (χ3v) is 3.53. The van der Waals surface area contributed by atoms with Crippen molar-refractivity contribution in [3.05, 3.63) is 47.1 Å². The first kappa shape index (κ1) is 9.42. The van der Waals surface area contributed by atoms with Crippen LogP contribution in [-0.4, -0.2) is 16.6 Å². The van der Waals surface area contributed by atoms with Crippen LogP contribution in [0.25, 0.3) is 11.3 Å². The summed E-state index contributed by atoms with van der Waals surface area (Å²) in [7, 11) is 0. The number of rotatable bonds is 1. The molecule has 0 aromatic carbocycles. The lowest BCUT2D eigenvalue weighted by Gasteiger charge is -2.18. The maximum Gasteiger partial charge on any atom is 0.131 e. The molecule has 4 heteroatoms. The molecular weight excluding hydrogens is 220 g/mol. The Bertz CT molecular complexity index is 545. The van der Waals surface area contributed by atoms with Crippen LogP contribution in [0.3, 0.4) is 0 Å².